The van der Waals surface area contributed by atoms with E-state index in [1.807, 2.05) is 19.1 Å². The van der Waals surface area contributed by atoms with E-state index in [9.17, 15) is 0 Å². The number of nitrogens with zero attached hydrogens (tertiary/aromatic N) is 1. The van der Waals surface area contributed by atoms with Gasteiger partial charge in [0.05, 0.1) is 6.26 Å². The lowest BCUT2D eigenvalue weighted by molar-refractivity contribution is 0.256. The fourth-order valence-electron chi connectivity index (χ4n) is 2.09. The molecule has 0 saturated heterocycles. The number of nitrogens with one attached hydrogen (secondary N) is 1. The van der Waals surface area contributed by atoms with E-state index in [-0.39, 0.29) is 0 Å². The van der Waals surface area contributed by atoms with Crippen molar-refractivity contribution in [1.29, 1.82) is 0 Å². The van der Waals surface area contributed by atoms with Gasteiger partial charge in [0.15, 0.2) is 0 Å². The average molecular weight is 274 g/mol. The highest BCUT2D eigenvalue weighted by atomic mass is 16.5. The molecule has 2 aromatic heterocycles. The third kappa shape index (κ3) is 3.84. The first-order valence-electron chi connectivity index (χ1n) is 7.03. The normalized spacial score (nSPS) is 10.8. The Morgan fingerprint density at radius 2 is 2.20 bits per heavy atom. The second-order valence-corrected chi connectivity index (χ2v) is 4.91. The van der Waals surface area contributed by atoms with Crippen LogP contribution in [0.4, 0.5) is 0 Å². The van der Waals surface area contributed by atoms with Crippen molar-refractivity contribution < 1.29 is 9.15 Å². The number of furan rings is 1. The summed E-state index contributed by atoms with van der Waals surface area (Å²) in [5.74, 6) is 1.50. The van der Waals surface area contributed by atoms with Crippen LogP contribution in [-0.4, -0.2) is 11.5 Å². The molecular weight excluding hydrogens is 252 g/mol. The van der Waals surface area contributed by atoms with E-state index in [0.29, 0.717) is 12.5 Å². The van der Waals surface area contributed by atoms with E-state index in [0.717, 1.165) is 36.5 Å². The molecule has 1 N–H and O–H groups in total. The monoisotopic (exact) mass is 274 g/mol. The lowest BCUT2D eigenvalue weighted by Crippen LogP contribution is -2.16. The van der Waals surface area contributed by atoms with Gasteiger partial charge in [0.1, 0.15) is 12.4 Å². The molecule has 2 heterocycles. The Labute approximate surface area is 120 Å². The fraction of sp³-hybridized carbons (Fsp3) is 0.438. The van der Waals surface area contributed by atoms with Gasteiger partial charge in [-0.25, -0.2) is 4.98 Å². The van der Waals surface area contributed by atoms with Crippen molar-refractivity contribution in [3.05, 3.63) is 47.0 Å². The van der Waals surface area contributed by atoms with Gasteiger partial charge in [-0.1, -0.05) is 6.92 Å². The van der Waals surface area contributed by atoms with E-state index in [1.165, 1.54) is 5.56 Å². The topological polar surface area (TPSA) is 47.3 Å². The maximum absolute atomic E-state index is 5.83. The molecule has 0 aliphatic heterocycles. The lowest BCUT2D eigenvalue weighted by atomic mass is 10.1. The van der Waals surface area contributed by atoms with E-state index in [4.69, 9.17) is 9.15 Å². The largest absolute Gasteiger partial charge is 0.469 e. The Bertz CT molecular complexity index is 536. The summed E-state index contributed by atoms with van der Waals surface area (Å²) in [6, 6.07) is 5.84. The van der Waals surface area contributed by atoms with Crippen LogP contribution < -0.4 is 10.1 Å². The van der Waals surface area contributed by atoms with Crippen molar-refractivity contribution in [2.24, 2.45) is 0 Å². The molecule has 20 heavy (non-hydrogen) atoms. The Morgan fingerprint density at radius 3 is 2.90 bits per heavy atom. The van der Waals surface area contributed by atoms with Gasteiger partial charge < -0.3 is 14.5 Å². The SMILES string of the molecule is CCCNCc1c(C)cc(C)nc1OCc1ccco1. The minimum Gasteiger partial charge on any atom is -0.469 e. The average Bonchev–Trinajstić information content (AvgIpc) is 2.92. The molecule has 0 unspecified atom stereocenters. The molecular formula is C16H22N2O2. The van der Waals surface area contributed by atoms with Crippen molar-refractivity contribution >= 4 is 0 Å². The Morgan fingerprint density at radius 1 is 1.35 bits per heavy atom. The van der Waals surface area contributed by atoms with Crippen LogP contribution in [0.1, 0.15) is 35.9 Å². The molecule has 0 aromatic carbocycles. The molecule has 0 aliphatic carbocycles. The maximum atomic E-state index is 5.83. The van der Waals surface area contributed by atoms with Crippen molar-refractivity contribution in [1.82, 2.24) is 10.3 Å². The molecule has 108 valence electrons. The van der Waals surface area contributed by atoms with Crippen molar-refractivity contribution in [2.45, 2.75) is 40.3 Å². The summed E-state index contributed by atoms with van der Waals surface area (Å²) in [4.78, 5) is 4.51. The summed E-state index contributed by atoms with van der Waals surface area (Å²) in [6.45, 7) is 8.41. The van der Waals surface area contributed by atoms with Gasteiger partial charge in [0, 0.05) is 17.8 Å². The first kappa shape index (κ1) is 14.6. The van der Waals surface area contributed by atoms with Gasteiger partial charge in [-0.15, -0.1) is 0 Å². The number of hydrogen-bond acceptors (Lipinski definition) is 4. The second kappa shape index (κ2) is 7.10. The number of aromatic nitrogens is 1. The summed E-state index contributed by atoms with van der Waals surface area (Å²) in [7, 11) is 0. The smallest absolute Gasteiger partial charge is 0.218 e. The molecule has 0 spiro atoms. The molecule has 2 aromatic rings. The zero-order chi connectivity index (χ0) is 14.4. The second-order valence-electron chi connectivity index (χ2n) is 4.91. The molecule has 4 nitrogen and oxygen atoms in total. The predicted molar refractivity (Wildman–Crippen MR) is 78.7 cm³/mol. The van der Waals surface area contributed by atoms with Gasteiger partial charge in [0.2, 0.25) is 5.88 Å². The van der Waals surface area contributed by atoms with Crippen LogP contribution in [0, 0.1) is 13.8 Å². The Balaban J connectivity index is 2.11. The van der Waals surface area contributed by atoms with Gasteiger partial charge in [-0.2, -0.15) is 0 Å². The molecule has 0 atom stereocenters. The highest BCUT2D eigenvalue weighted by Crippen LogP contribution is 2.22. The van der Waals surface area contributed by atoms with Crippen LogP contribution in [-0.2, 0) is 13.2 Å². The highest BCUT2D eigenvalue weighted by molar-refractivity contribution is 5.35. The van der Waals surface area contributed by atoms with Crippen molar-refractivity contribution in [3.63, 3.8) is 0 Å². The van der Waals surface area contributed by atoms with Gasteiger partial charge in [-0.3, -0.25) is 0 Å². The quantitative estimate of drug-likeness (QED) is 0.786. The van der Waals surface area contributed by atoms with Crippen LogP contribution in [0.2, 0.25) is 0 Å². The summed E-state index contributed by atoms with van der Waals surface area (Å²) < 4.78 is 11.1. The van der Waals surface area contributed by atoms with Gasteiger partial charge in [0.25, 0.3) is 0 Å². The third-order valence-electron chi connectivity index (χ3n) is 3.10. The van der Waals surface area contributed by atoms with E-state index < -0.39 is 0 Å². The van der Waals surface area contributed by atoms with Gasteiger partial charge in [-0.05, 0) is 50.6 Å². The zero-order valence-corrected chi connectivity index (χ0v) is 12.4. The zero-order valence-electron chi connectivity index (χ0n) is 12.4. The minimum absolute atomic E-state index is 0.406. The first-order valence-corrected chi connectivity index (χ1v) is 7.03. The van der Waals surface area contributed by atoms with Crippen LogP contribution in [0.5, 0.6) is 5.88 Å². The van der Waals surface area contributed by atoms with Crippen molar-refractivity contribution in [2.75, 3.05) is 6.54 Å². The summed E-state index contributed by atoms with van der Waals surface area (Å²) >= 11 is 0. The molecule has 0 radical (unpaired) electrons. The molecule has 4 heteroatoms. The van der Waals surface area contributed by atoms with Crippen LogP contribution in [0.3, 0.4) is 0 Å². The molecule has 0 saturated carbocycles. The molecule has 0 amide bonds. The molecule has 0 bridgehead atoms. The van der Waals surface area contributed by atoms with Gasteiger partial charge >= 0.3 is 0 Å². The fourth-order valence-corrected chi connectivity index (χ4v) is 2.09. The Kier molecular flexibility index (Phi) is 5.18. The maximum Gasteiger partial charge on any atom is 0.218 e. The first-order chi connectivity index (χ1) is 9.70. The number of pyridine rings is 1. The minimum atomic E-state index is 0.406. The number of ether oxygens (including phenoxy) is 1. The molecule has 0 fully saturated rings. The number of rotatable bonds is 7. The predicted octanol–water partition coefficient (Wildman–Crippen LogP) is 3.37. The standard InChI is InChI=1S/C16H22N2O2/c1-4-7-17-10-15-12(2)9-13(3)18-16(15)20-11-14-6-5-8-19-14/h5-6,8-9,17H,4,7,10-11H2,1-3H3. The van der Waals surface area contributed by atoms with Crippen molar-refractivity contribution in [3.8, 4) is 5.88 Å². The van der Waals surface area contributed by atoms with Crippen LogP contribution in [0.25, 0.3) is 0 Å². The number of aryl methyl sites for hydroxylation is 2. The van der Waals surface area contributed by atoms with Crippen LogP contribution in [0.15, 0.2) is 28.9 Å². The summed E-state index contributed by atoms with van der Waals surface area (Å²) in [6.07, 6.45) is 2.76. The van der Waals surface area contributed by atoms with E-state index in [1.54, 1.807) is 6.26 Å². The Hall–Kier alpha value is -1.81. The molecule has 0 aliphatic rings. The summed E-state index contributed by atoms with van der Waals surface area (Å²) in [5, 5.41) is 3.40. The lowest BCUT2D eigenvalue weighted by Gasteiger charge is -2.14. The van der Waals surface area contributed by atoms with E-state index >= 15 is 0 Å². The summed E-state index contributed by atoms with van der Waals surface area (Å²) in [5.41, 5.74) is 3.29. The highest BCUT2D eigenvalue weighted by Gasteiger charge is 2.10. The number of hydrogen-bond donors (Lipinski definition) is 1. The van der Waals surface area contributed by atoms with Crippen LogP contribution >= 0.6 is 0 Å². The third-order valence-corrected chi connectivity index (χ3v) is 3.10. The van der Waals surface area contributed by atoms with E-state index in [2.05, 4.69) is 30.2 Å². The molecule has 2 rings (SSSR count).